The van der Waals surface area contributed by atoms with Crippen LogP contribution in [0.5, 0.6) is 0 Å². The van der Waals surface area contributed by atoms with Gasteiger partial charge in [-0.25, -0.2) is 9.19 Å². The Balaban J connectivity index is 2.57. The molecule has 0 aliphatic carbocycles. The Hall–Kier alpha value is -2.12. The van der Waals surface area contributed by atoms with Crippen molar-refractivity contribution in [3.05, 3.63) is 24.0 Å². The molecular weight excluding hydrogens is 465 g/mol. The van der Waals surface area contributed by atoms with Crippen LogP contribution in [0.3, 0.4) is 0 Å². The van der Waals surface area contributed by atoms with Gasteiger partial charge in [0.15, 0.2) is 0 Å². The summed E-state index contributed by atoms with van der Waals surface area (Å²) >= 11 is 1.02. The molecule has 0 fully saturated rings. The number of alkyl halides is 2. The summed E-state index contributed by atoms with van der Waals surface area (Å²) in [5.74, 6) is -2.43. The lowest BCUT2D eigenvalue weighted by molar-refractivity contribution is -0.000950. The molecular formula is C19H27F3N6O2S2. The number of hydrogen-bond donors (Lipinski definition) is 0. The van der Waals surface area contributed by atoms with Crippen molar-refractivity contribution in [2.45, 2.75) is 46.8 Å². The zero-order chi connectivity index (χ0) is 23.9. The van der Waals surface area contributed by atoms with Gasteiger partial charge >= 0.3 is 5.76 Å². The van der Waals surface area contributed by atoms with E-state index in [2.05, 4.69) is 28.3 Å². The van der Waals surface area contributed by atoms with Crippen molar-refractivity contribution in [1.29, 1.82) is 0 Å². The van der Waals surface area contributed by atoms with E-state index in [0.29, 0.717) is 42.9 Å². The van der Waals surface area contributed by atoms with E-state index >= 15 is 0 Å². The maximum Gasteiger partial charge on any atom is 0.345 e. The number of azo groups is 1. The highest BCUT2D eigenvalue weighted by atomic mass is 32.2. The quantitative estimate of drug-likeness (QED) is 0.323. The van der Waals surface area contributed by atoms with Crippen LogP contribution in [0.4, 0.5) is 35.5 Å². The van der Waals surface area contributed by atoms with E-state index in [1.165, 1.54) is 12.1 Å². The summed E-state index contributed by atoms with van der Waals surface area (Å²) in [6.07, 6.45) is 0.618. The molecule has 13 heteroatoms. The van der Waals surface area contributed by atoms with E-state index in [1.807, 2.05) is 39.5 Å². The first kappa shape index (κ1) is 26.1. The molecule has 2 rings (SSSR count). The number of aryl methyl sites for hydroxylation is 1. The van der Waals surface area contributed by atoms with Gasteiger partial charge in [0.05, 0.1) is 0 Å². The average molecular weight is 493 g/mol. The number of hydrogen-bond acceptors (Lipinski definition) is 9. The predicted molar refractivity (Wildman–Crippen MR) is 120 cm³/mol. The van der Waals surface area contributed by atoms with E-state index in [0.717, 1.165) is 11.5 Å². The van der Waals surface area contributed by atoms with Gasteiger partial charge in [-0.1, -0.05) is 39.0 Å². The molecule has 8 nitrogen and oxygen atoms in total. The molecule has 0 aliphatic heterocycles. The van der Waals surface area contributed by atoms with Crippen molar-refractivity contribution in [2.24, 2.45) is 26.4 Å². The Kier molecular flexibility index (Phi) is 9.52. The Morgan fingerprint density at radius 3 is 2.28 bits per heavy atom. The zero-order valence-corrected chi connectivity index (χ0v) is 20.2. The van der Waals surface area contributed by atoms with Crippen LogP contribution in [0.1, 0.15) is 40.4 Å². The van der Waals surface area contributed by atoms with Gasteiger partial charge in [-0.05, 0) is 34.6 Å². The van der Waals surface area contributed by atoms with Crippen molar-refractivity contribution in [1.82, 2.24) is 9.36 Å². The molecule has 1 unspecified atom stereocenters. The fourth-order valence-corrected chi connectivity index (χ4v) is 3.94. The molecule has 0 saturated heterocycles. The summed E-state index contributed by atoms with van der Waals surface area (Å²) in [6, 6.07) is 4.66. The second kappa shape index (κ2) is 11.7. The Morgan fingerprint density at radius 2 is 1.78 bits per heavy atom. The summed E-state index contributed by atoms with van der Waals surface area (Å²) in [5, 5.41) is 8.21. The monoisotopic (exact) mass is 492 g/mol. The van der Waals surface area contributed by atoms with E-state index in [1.54, 1.807) is 6.07 Å². The lowest BCUT2D eigenvalue weighted by atomic mass is 10.1. The van der Waals surface area contributed by atoms with E-state index < -0.39 is 15.8 Å². The first-order valence-corrected chi connectivity index (χ1v) is 12.3. The first-order chi connectivity index (χ1) is 15.1. The van der Waals surface area contributed by atoms with Crippen LogP contribution in [0.15, 0.2) is 32.8 Å². The van der Waals surface area contributed by atoms with Crippen LogP contribution in [0.25, 0.3) is 0 Å². The minimum absolute atomic E-state index is 0.0152. The van der Waals surface area contributed by atoms with Gasteiger partial charge in [-0.3, -0.25) is 0 Å². The number of aromatic nitrogens is 2. The second-order valence-electron chi connectivity index (χ2n) is 7.84. The average Bonchev–Trinajstić information content (AvgIpc) is 3.19. The first-order valence-electron chi connectivity index (χ1n) is 10.1. The summed E-state index contributed by atoms with van der Waals surface area (Å²) in [6.45, 7) is 11.5. The molecule has 178 valence electrons. The molecule has 0 bridgehead atoms. The largest absolute Gasteiger partial charge is 0.371 e. The molecule has 32 heavy (non-hydrogen) atoms. The number of rotatable bonds is 11. The topological polar surface area (TPSA) is 92.4 Å². The minimum atomic E-state index is -4.91. The third-order valence-electron chi connectivity index (χ3n) is 4.05. The zero-order valence-electron chi connectivity index (χ0n) is 18.5. The molecule has 0 aliphatic rings. The highest BCUT2D eigenvalue weighted by Crippen LogP contribution is 2.36. The van der Waals surface area contributed by atoms with Crippen molar-refractivity contribution in [3.8, 4) is 0 Å². The number of benzene rings is 1. The van der Waals surface area contributed by atoms with Gasteiger partial charge < -0.3 is 4.90 Å². The van der Waals surface area contributed by atoms with Gasteiger partial charge in [0.2, 0.25) is 5.13 Å². The lowest BCUT2D eigenvalue weighted by Crippen LogP contribution is -2.31. The van der Waals surface area contributed by atoms with E-state index in [9.17, 15) is 17.5 Å². The molecule has 1 atom stereocenters. The molecule has 0 radical (unpaired) electrons. The van der Waals surface area contributed by atoms with Crippen LogP contribution < -0.4 is 4.90 Å². The molecule has 1 aromatic heterocycles. The summed E-state index contributed by atoms with van der Waals surface area (Å²) < 4.78 is 61.8. The smallest absolute Gasteiger partial charge is 0.345 e. The summed E-state index contributed by atoms with van der Waals surface area (Å²) in [7, 11) is -4.91. The number of anilines is 1. The van der Waals surface area contributed by atoms with Crippen molar-refractivity contribution >= 4 is 43.7 Å². The van der Waals surface area contributed by atoms with Crippen LogP contribution in [-0.2, 0) is 20.8 Å². The Bertz CT molecular complexity index is 1030. The normalized spacial score (nSPS) is 14.0. The Morgan fingerprint density at radius 1 is 1.12 bits per heavy atom. The molecule has 0 spiro atoms. The van der Waals surface area contributed by atoms with Crippen LogP contribution in [0, 0.1) is 11.8 Å². The molecule has 1 heterocycles. The van der Waals surface area contributed by atoms with E-state index in [4.69, 9.17) is 0 Å². The fraction of sp³-hybridized carbons (Fsp3) is 0.579. The number of halogens is 3. The molecule has 0 saturated carbocycles. The highest BCUT2D eigenvalue weighted by Gasteiger charge is 2.26. The fourth-order valence-electron chi connectivity index (χ4n) is 2.78. The summed E-state index contributed by atoms with van der Waals surface area (Å²) in [5.41, 5.74) is 0.428. The van der Waals surface area contributed by atoms with Crippen LogP contribution in [0.2, 0.25) is 0 Å². The minimum Gasteiger partial charge on any atom is -0.371 e. The maximum absolute atomic E-state index is 13.2. The molecule has 0 N–H and O–H groups in total. The lowest BCUT2D eigenvalue weighted by Gasteiger charge is -2.28. The van der Waals surface area contributed by atoms with Gasteiger partial charge in [0, 0.05) is 36.7 Å². The summed E-state index contributed by atoms with van der Waals surface area (Å²) in [4.78, 5) is 6.20. The third-order valence-corrected chi connectivity index (χ3v) is 5.77. The van der Waals surface area contributed by atoms with Crippen LogP contribution >= 0.6 is 11.5 Å². The van der Waals surface area contributed by atoms with Crippen molar-refractivity contribution in [2.75, 3.05) is 18.0 Å². The molecule has 0 amide bonds. The van der Waals surface area contributed by atoms with Gasteiger partial charge in [-0.2, -0.15) is 17.5 Å². The van der Waals surface area contributed by atoms with Crippen molar-refractivity contribution < 1.29 is 21.9 Å². The third kappa shape index (κ3) is 7.20. The van der Waals surface area contributed by atoms with Crippen LogP contribution in [-0.4, -0.2) is 32.4 Å². The molecule has 1 aromatic carbocycles. The highest BCUT2D eigenvalue weighted by molar-refractivity contribution is 7.89. The van der Waals surface area contributed by atoms with E-state index in [-0.39, 0.29) is 16.5 Å². The number of nitrogens with zero attached hydrogens (tertiary/aromatic N) is 6. The predicted octanol–water partition coefficient (Wildman–Crippen LogP) is 6.77. The molecule has 2 aromatic rings. The SMILES string of the molecule is CCc1nsc(N=Nc2ccc(N(CC(C)C)CC(C)C)cc2N=S(=O)(OF)C(F)F)n1. The van der Waals surface area contributed by atoms with Gasteiger partial charge in [0.25, 0.3) is 10.0 Å². The standard InChI is InChI=1S/C19H27F3N6O2S2/c1-6-17-23-19(31-26-17)25-24-15-8-7-14(28(10-12(2)3)11-13(4)5)9-16(15)27-32(29,30-22)18(20)21/h7-9,12-13,18H,6,10-11H2,1-5H3. The van der Waals surface area contributed by atoms with Gasteiger partial charge in [-0.15, -0.1) is 10.2 Å². The maximum atomic E-state index is 13.2. The van der Waals surface area contributed by atoms with Crippen molar-refractivity contribution in [3.63, 3.8) is 0 Å². The Labute approximate surface area is 190 Å². The van der Waals surface area contributed by atoms with Gasteiger partial charge in [0.1, 0.15) is 17.2 Å². The second-order valence-corrected chi connectivity index (χ2v) is 10.3.